The molecule has 0 saturated heterocycles. The lowest BCUT2D eigenvalue weighted by molar-refractivity contribution is -0.156. The van der Waals surface area contributed by atoms with Gasteiger partial charge in [-0.15, -0.1) is 0 Å². The molecule has 4 heteroatoms. The quantitative estimate of drug-likeness (QED) is 0.852. The maximum absolute atomic E-state index is 12.0. The molecule has 0 unspecified atom stereocenters. The van der Waals surface area contributed by atoms with Crippen LogP contribution in [0.3, 0.4) is 0 Å². The van der Waals surface area contributed by atoms with Crippen LogP contribution in [0.4, 0.5) is 0 Å². The lowest BCUT2D eigenvalue weighted by atomic mass is 10.1. The van der Waals surface area contributed by atoms with E-state index in [9.17, 15) is 9.59 Å². The van der Waals surface area contributed by atoms with Crippen LogP contribution in [0.25, 0.3) is 0 Å². The Balaban J connectivity index is 2.67. The van der Waals surface area contributed by atoms with Crippen molar-refractivity contribution in [2.45, 2.75) is 46.3 Å². The Morgan fingerprint density at radius 3 is 2.32 bits per heavy atom. The van der Waals surface area contributed by atoms with Gasteiger partial charge in [0.15, 0.2) is 0 Å². The van der Waals surface area contributed by atoms with Gasteiger partial charge in [0, 0.05) is 5.56 Å². The third kappa shape index (κ3) is 4.73. The number of amides is 1. The minimum absolute atomic E-state index is 0.267. The van der Waals surface area contributed by atoms with E-state index in [1.54, 1.807) is 39.8 Å². The van der Waals surface area contributed by atoms with E-state index in [4.69, 9.17) is 4.74 Å². The number of carbonyl (C=O) groups excluding carboxylic acids is 2. The maximum atomic E-state index is 12.0. The number of rotatable bonds is 3. The van der Waals surface area contributed by atoms with Crippen molar-refractivity contribution in [1.82, 2.24) is 5.32 Å². The highest BCUT2D eigenvalue weighted by Gasteiger charge is 2.23. The van der Waals surface area contributed by atoms with Crippen LogP contribution in [-0.2, 0) is 9.53 Å². The summed E-state index contributed by atoms with van der Waals surface area (Å²) in [7, 11) is 0. The monoisotopic (exact) mass is 263 g/mol. The molecular weight excluding hydrogens is 242 g/mol. The van der Waals surface area contributed by atoms with Gasteiger partial charge in [-0.05, 0) is 46.2 Å². The molecule has 1 N–H and O–H groups in total. The molecule has 0 spiro atoms. The van der Waals surface area contributed by atoms with E-state index < -0.39 is 17.6 Å². The summed E-state index contributed by atoms with van der Waals surface area (Å²) >= 11 is 0. The molecule has 1 amide bonds. The van der Waals surface area contributed by atoms with Crippen molar-refractivity contribution < 1.29 is 14.3 Å². The van der Waals surface area contributed by atoms with Crippen LogP contribution in [-0.4, -0.2) is 23.5 Å². The average Bonchev–Trinajstić information content (AvgIpc) is 2.27. The van der Waals surface area contributed by atoms with E-state index in [1.165, 1.54) is 0 Å². The molecule has 0 saturated carbocycles. The highest BCUT2D eigenvalue weighted by Crippen LogP contribution is 2.10. The third-order valence-electron chi connectivity index (χ3n) is 2.50. The van der Waals surface area contributed by atoms with Crippen LogP contribution in [0.2, 0.25) is 0 Å². The first kappa shape index (κ1) is 15.2. The molecule has 0 radical (unpaired) electrons. The van der Waals surface area contributed by atoms with Crippen molar-refractivity contribution in [2.75, 3.05) is 0 Å². The number of hydrogen-bond acceptors (Lipinski definition) is 3. The lowest BCUT2D eigenvalue weighted by Crippen LogP contribution is -2.42. The standard InChI is InChI=1S/C15H21NO3/c1-10-8-6-7-9-12(10)13(17)16-11(2)14(18)19-15(3,4)5/h6-9,11H,1-5H3,(H,16,17)/t11-/m0/s1. The Labute approximate surface area is 114 Å². The molecule has 1 aromatic rings. The molecule has 0 fully saturated rings. The van der Waals surface area contributed by atoms with Crippen LogP contribution >= 0.6 is 0 Å². The van der Waals surface area contributed by atoms with E-state index >= 15 is 0 Å². The third-order valence-corrected chi connectivity index (χ3v) is 2.50. The molecule has 0 aliphatic heterocycles. The minimum Gasteiger partial charge on any atom is -0.458 e. The number of hydrogen-bond donors (Lipinski definition) is 1. The first-order valence-electron chi connectivity index (χ1n) is 6.30. The van der Waals surface area contributed by atoms with Crippen LogP contribution in [0.5, 0.6) is 0 Å². The van der Waals surface area contributed by atoms with Gasteiger partial charge in [-0.2, -0.15) is 0 Å². The zero-order valence-electron chi connectivity index (χ0n) is 12.1. The van der Waals surface area contributed by atoms with Gasteiger partial charge in [0.25, 0.3) is 5.91 Å². The SMILES string of the molecule is Cc1ccccc1C(=O)N[C@@H](C)C(=O)OC(C)(C)C. The molecule has 1 aromatic carbocycles. The normalized spacial score (nSPS) is 12.7. The Hall–Kier alpha value is -1.84. The first-order valence-corrected chi connectivity index (χ1v) is 6.30. The van der Waals surface area contributed by atoms with Gasteiger partial charge in [-0.3, -0.25) is 4.79 Å². The molecule has 104 valence electrons. The number of esters is 1. The highest BCUT2D eigenvalue weighted by molar-refractivity contribution is 5.97. The Morgan fingerprint density at radius 1 is 1.21 bits per heavy atom. The van der Waals surface area contributed by atoms with E-state index in [0.717, 1.165) is 5.56 Å². The summed E-state index contributed by atoms with van der Waals surface area (Å²) in [5.41, 5.74) is 0.882. The van der Waals surface area contributed by atoms with E-state index in [0.29, 0.717) is 5.56 Å². The van der Waals surface area contributed by atoms with Crippen molar-refractivity contribution in [2.24, 2.45) is 0 Å². The average molecular weight is 263 g/mol. The summed E-state index contributed by atoms with van der Waals surface area (Å²) in [5.74, 6) is -0.703. The second-order valence-corrected chi connectivity index (χ2v) is 5.54. The maximum Gasteiger partial charge on any atom is 0.328 e. The topological polar surface area (TPSA) is 55.4 Å². The second kappa shape index (κ2) is 5.87. The predicted molar refractivity (Wildman–Crippen MR) is 74.0 cm³/mol. The molecule has 19 heavy (non-hydrogen) atoms. The fourth-order valence-electron chi connectivity index (χ4n) is 1.55. The molecule has 0 aromatic heterocycles. The van der Waals surface area contributed by atoms with Gasteiger partial charge in [-0.1, -0.05) is 18.2 Å². The van der Waals surface area contributed by atoms with Crippen molar-refractivity contribution >= 4 is 11.9 Å². The van der Waals surface area contributed by atoms with Gasteiger partial charge in [0.1, 0.15) is 11.6 Å². The highest BCUT2D eigenvalue weighted by atomic mass is 16.6. The summed E-state index contributed by atoms with van der Waals surface area (Å²) in [4.78, 5) is 23.8. The molecule has 1 rings (SSSR count). The van der Waals surface area contributed by atoms with Crippen molar-refractivity contribution in [3.8, 4) is 0 Å². The fourth-order valence-corrected chi connectivity index (χ4v) is 1.55. The van der Waals surface area contributed by atoms with Gasteiger partial charge >= 0.3 is 5.97 Å². The lowest BCUT2D eigenvalue weighted by Gasteiger charge is -2.22. The first-order chi connectivity index (χ1) is 8.70. The Bertz CT molecular complexity index is 475. The zero-order chi connectivity index (χ0) is 14.6. The van der Waals surface area contributed by atoms with E-state index in [2.05, 4.69) is 5.32 Å². The Kier molecular flexibility index (Phi) is 4.70. The summed E-state index contributed by atoms with van der Waals surface area (Å²) in [6, 6.07) is 6.56. The molecule has 0 aliphatic carbocycles. The summed E-state index contributed by atoms with van der Waals surface area (Å²) in [6.07, 6.45) is 0. The van der Waals surface area contributed by atoms with Crippen molar-refractivity contribution in [1.29, 1.82) is 0 Å². The summed E-state index contributed by atoms with van der Waals surface area (Å²) < 4.78 is 5.21. The van der Waals surface area contributed by atoms with Gasteiger partial charge < -0.3 is 10.1 Å². The van der Waals surface area contributed by atoms with E-state index in [1.807, 2.05) is 19.1 Å². The molecule has 4 nitrogen and oxygen atoms in total. The minimum atomic E-state index is -0.675. The predicted octanol–water partition coefficient (Wildman–Crippen LogP) is 2.46. The van der Waals surface area contributed by atoms with Crippen LogP contribution < -0.4 is 5.32 Å². The van der Waals surface area contributed by atoms with Crippen LogP contribution in [0.1, 0.15) is 43.6 Å². The smallest absolute Gasteiger partial charge is 0.328 e. The molecular formula is C15H21NO3. The Morgan fingerprint density at radius 2 is 1.79 bits per heavy atom. The van der Waals surface area contributed by atoms with Gasteiger partial charge in [-0.25, -0.2) is 4.79 Å². The number of aryl methyl sites for hydroxylation is 1. The zero-order valence-corrected chi connectivity index (χ0v) is 12.1. The van der Waals surface area contributed by atoms with E-state index in [-0.39, 0.29) is 5.91 Å². The van der Waals surface area contributed by atoms with Crippen LogP contribution in [0, 0.1) is 6.92 Å². The molecule has 0 heterocycles. The van der Waals surface area contributed by atoms with Gasteiger partial charge in [0.2, 0.25) is 0 Å². The second-order valence-electron chi connectivity index (χ2n) is 5.54. The molecule has 1 atom stereocenters. The summed E-state index contributed by atoms with van der Waals surface area (Å²) in [5, 5.41) is 2.65. The number of ether oxygens (including phenoxy) is 1. The number of carbonyl (C=O) groups is 2. The fraction of sp³-hybridized carbons (Fsp3) is 0.467. The molecule has 0 bridgehead atoms. The number of benzene rings is 1. The molecule has 0 aliphatic rings. The van der Waals surface area contributed by atoms with Crippen molar-refractivity contribution in [3.63, 3.8) is 0 Å². The van der Waals surface area contributed by atoms with Crippen molar-refractivity contribution in [3.05, 3.63) is 35.4 Å². The van der Waals surface area contributed by atoms with Gasteiger partial charge in [0.05, 0.1) is 0 Å². The number of nitrogens with one attached hydrogen (secondary N) is 1. The largest absolute Gasteiger partial charge is 0.458 e. The summed E-state index contributed by atoms with van der Waals surface area (Å²) in [6.45, 7) is 8.85. The van der Waals surface area contributed by atoms with Crippen LogP contribution in [0.15, 0.2) is 24.3 Å².